The second-order valence-electron chi connectivity index (χ2n) is 5.46. The summed E-state index contributed by atoms with van der Waals surface area (Å²) in [4.78, 5) is 15.6. The second-order valence-corrected chi connectivity index (χ2v) is 5.46. The smallest absolute Gasteiger partial charge is 0.243 e. The van der Waals surface area contributed by atoms with Crippen LogP contribution in [-0.2, 0) is 15.0 Å². The molecule has 0 aliphatic heterocycles. The highest BCUT2D eigenvalue weighted by Crippen LogP contribution is 2.24. The summed E-state index contributed by atoms with van der Waals surface area (Å²) in [5.41, 5.74) is 3.70. The Kier molecular flexibility index (Phi) is 5.83. The van der Waals surface area contributed by atoms with Crippen molar-refractivity contribution < 1.29 is 14.4 Å². The molecule has 0 unspecified atom stereocenters. The Morgan fingerprint density at radius 3 is 2.37 bits per heavy atom. The maximum absolute atomic E-state index is 11.1. The molecule has 1 amide bonds. The van der Waals surface area contributed by atoms with E-state index in [9.17, 15) is 4.79 Å². The third kappa shape index (κ3) is 5.75. The Morgan fingerprint density at radius 2 is 1.84 bits per heavy atom. The van der Waals surface area contributed by atoms with Crippen LogP contribution in [0.25, 0.3) is 0 Å². The van der Waals surface area contributed by atoms with Gasteiger partial charge in [-0.05, 0) is 29.5 Å². The van der Waals surface area contributed by atoms with Crippen LogP contribution in [0.4, 0.5) is 0 Å². The van der Waals surface area contributed by atoms with Crippen LogP contribution in [-0.4, -0.2) is 19.6 Å². The van der Waals surface area contributed by atoms with Crippen LogP contribution >= 0.6 is 0 Å². The first-order chi connectivity index (χ1) is 8.93. The molecule has 4 heteroatoms. The van der Waals surface area contributed by atoms with E-state index < -0.39 is 0 Å². The summed E-state index contributed by atoms with van der Waals surface area (Å²) in [6.45, 7) is 7.05. The van der Waals surface area contributed by atoms with Crippen LogP contribution in [0.2, 0.25) is 0 Å². The summed E-state index contributed by atoms with van der Waals surface area (Å²) in [6, 6.07) is 8.09. The Balaban J connectivity index is 2.33. The van der Waals surface area contributed by atoms with Gasteiger partial charge in [0.15, 0.2) is 0 Å². The summed E-state index contributed by atoms with van der Waals surface area (Å²) in [5, 5.41) is 0. The SMILES string of the molecule is CONC(=O)CCCOc1ccc(C(C)(C)C)cc1. The van der Waals surface area contributed by atoms with Gasteiger partial charge in [0.25, 0.3) is 0 Å². The molecule has 106 valence electrons. The van der Waals surface area contributed by atoms with Crippen molar-refractivity contribution in [1.82, 2.24) is 5.48 Å². The van der Waals surface area contributed by atoms with E-state index in [0.29, 0.717) is 19.4 Å². The Labute approximate surface area is 115 Å². The highest BCUT2D eigenvalue weighted by atomic mass is 16.6. The molecule has 0 atom stereocenters. The highest BCUT2D eigenvalue weighted by Gasteiger charge is 2.12. The summed E-state index contributed by atoms with van der Waals surface area (Å²) in [6.07, 6.45) is 1.06. The normalized spacial score (nSPS) is 11.2. The third-order valence-electron chi connectivity index (χ3n) is 2.75. The van der Waals surface area contributed by atoms with E-state index in [4.69, 9.17) is 4.74 Å². The van der Waals surface area contributed by atoms with E-state index in [0.717, 1.165) is 5.75 Å². The highest BCUT2D eigenvalue weighted by molar-refractivity contribution is 5.74. The third-order valence-corrected chi connectivity index (χ3v) is 2.75. The van der Waals surface area contributed by atoms with Gasteiger partial charge >= 0.3 is 0 Å². The largest absolute Gasteiger partial charge is 0.494 e. The lowest BCUT2D eigenvalue weighted by molar-refractivity contribution is -0.131. The number of hydroxylamine groups is 1. The fraction of sp³-hybridized carbons (Fsp3) is 0.533. The zero-order chi connectivity index (χ0) is 14.3. The van der Waals surface area contributed by atoms with Crippen molar-refractivity contribution in [1.29, 1.82) is 0 Å². The number of benzene rings is 1. The Morgan fingerprint density at radius 1 is 1.21 bits per heavy atom. The minimum absolute atomic E-state index is 0.130. The van der Waals surface area contributed by atoms with Crippen LogP contribution in [0.3, 0.4) is 0 Å². The molecule has 1 aromatic rings. The first kappa shape index (κ1) is 15.5. The maximum Gasteiger partial charge on any atom is 0.243 e. The number of amides is 1. The van der Waals surface area contributed by atoms with Gasteiger partial charge in [0.1, 0.15) is 5.75 Å². The fourth-order valence-electron chi connectivity index (χ4n) is 1.64. The van der Waals surface area contributed by atoms with Crippen LogP contribution in [0.5, 0.6) is 5.75 Å². The van der Waals surface area contributed by atoms with Gasteiger partial charge in [-0.1, -0.05) is 32.9 Å². The number of hydrogen-bond donors (Lipinski definition) is 1. The van der Waals surface area contributed by atoms with Crippen LogP contribution in [0, 0.1) is 0 Å². The van der Waals surface area contributed by atoms with Gasteiger partial charge in [0.2, 0.25) is 5.91 Å². The maximum atomic E-state index is 11.1. The van der Waals surface area contributed by atoms with Crippen LogP contribution in [0.15, 0.2) is 24.3 Å². The van der Waals surface area contributed by atoms with Gasteiger partial charge in [-0.3, -0.25) is 9.63 Å². The van der Waals surface area contributed by atoms with E-state index in [1.165, 1.54) is 12.7 Å². The van der Waals surface area contributed by atoms with Gasteiger partial charge in [0, 0.05) is 6.42 Å². The Bertz CT molecular complexity index is 393. The number of carbonyl (C=O) groups is 1. The molecule has 0 saturated carbocycles. The van der Waals surface area contributed by atoms with E-state index in [-0.39, 0.29) is 11.3 Å². The molecule has 0 fully saturated rings. The van der Waals surface area contributed by atoms with Gasteiger partial charge in [0.05, 0.1) is 13.7 Å². The Hall–Kier alpha value is -1.55. The molecular weight excluding hydrogens is 242 g/mol. The van der Waals surface area contributed by atoms with Gasteiger partial charge < -0.3 is 4.74 Å². The number of hydrogen-bond acceptors (Lipinski definition) is 3. The summed E-state index contributed by atoms with van der Waals surface area (Å²) < 4.78 is 5.58. The fourth-order valence-corrected chi connectivity index (χ4v) is 1.64. The molecule has 0 aromatic heterocycles. The second kappa shape index (κ2) is 7.14. The van der Waals surface area contributed by atoms with E-state index in [1.807, 2.05) is 12.1 Å². The average Bonchev–Trinajstić information content (AvgIpc) is 2.34. The zero-order valence-corrected chi connectivity index (χ0v) is 12.2. The molecular formula is C15H23NO3. The lowest BCUT2D eigenvalue weighted by atomic mass is 9.87. The van der Waals surface area contributed by atoms with Crippen LogP contribution in [0.1, 0.15) is 39.2 Å². The predicted molar refractivity (Wildman–Crippen MR) is 75.0 cm³/mol. The van der Waals surface area contributed by atoms with Gasteiger partial charge in [-0.15, -0.1) is 0 Å². The molecule has 0 aliphatic carbocycles. The van der Waals surface area contributed by atoms with E-state index in [2.05, 4.69) is 43.2 Å². The zero-order valence-electron chi connectivity index (χ0n) is 12.2. The molecule has 1 aromatic carbocycles. The molecule has 4 nitrogen and oxygen atoms in total. The molecule has 1 rings (SSSR count). The van der Waals surface area contributed by atoms with E-state index in [1.54, 1.807) is 0 Å². The average molecular weight is 265 g/mol. The molecule has 0 radical (unpaired) electrons. The molecule has 0 aliphatic rings. The van der Waals surface area contributed by atoms with Crippen molar-refractivity contribution in [2.24, 2.45) is 0 Å². The first-order valence-electron chi connectivity index (χ1n) is 6.48. The van der Waals surface area contributed by atoms with Crippen molar-refractivity contribution in [3.8, 4) is 5.75 Å². The molecule has 19 heavy (non-hydrogen) atoms. The lowest BCUT2D eigenvalue weighted by Crippen LogP contribution is -2.21. The number of ether oxygens (including phenoxy) is 1. The molecule has 0 saturated heterocycles. The quantitative estimate of drug-likeness (QED) is 0.635. The minimum atomic E-state index is -0.130. The van der Waals surface area contributed by atoms with Gasteiger partial charge in [-0.2, -0.15) is 0 Å². The van der Waals surface area contributed by atoms with Crippen molar-refractivity contribution in [2.75, 3.05) is 13.7 Å². The number of carbonyl (C=O) groups excluding carboxylic acids is 1. The number of nitrogens with one attached hydrogen (secondary N) is 1. The predicted octanol–water partition coefficient (Wildman–Crippen LogP) is 2.82. The summed E-state index contributed by atoms with van der Waals surface area (Å²) in [7, 11) is 1.42. The standard InChI is InChI=1S/C15H23NO3/c1-15(2,3)12-7-9-13(10-8-12)19-11-5-6-14(17)16-18-4/h7-10H,5-6,11H2,1-4H3,(H,16,17). The molecule has 0 heterocycles. The minimum Gasteiger partial charge on any atom is -0.494 e. The topological polar surface area (TPSA) is 47.6 Å². The van der Waals surface area contributed by atoms with Crippen molar-refractivity contribution in [3.63, 3.8) is 0 Å². The number of rotatable bonds is 6. The van der Waals surface area contributed by atoms with Crippen molar-refractivity contribution in [3.05, 3.63) is 29.8 Å². The molecule has 1 N–H and O–H groups in total. The summed E-state index contributed by atoms with van der Waals surface area (Å²) >= 11 is 0. The monoisotopic (exact) mass is 265 g/mol. The first-order valence-corrected chi connectivity index (χ1v) is 6.48. The molecule has 0 spiro atoms. The molecule has 0 bridgehead atoms. The van der Waals surface area contributed by atoms with Crippen molar-refractivity contribution >= 4 is 5.91 Å². The lowest BCUT2D eigenvalue weighted by Gasteiger charge is -2.19. The van der Waals surface area contributed by atoms with Gasteiger partial charge in [-0.25, -0.2) is 5.48 Å². The summed E-state index contributed by atoms with van der Waals surface area (Å²) in [5.74, 6) is 0.703. The van der Waals surface area contributed by atoms with E-state index >= 15 is 0 Å². The van der Waals surface area contributed by atoms with Crippen molar-refractivity contribution in [2.45, 2.75) is 39.0 Å². The van der Waals surface area contributed by atoms with Crippen LogP contribution < -0.4 is 10.2 Å².